The van der Waals surface area contributed by atoms with Crippen LogP contribution >= 0.6 is 0 Å². The zero-order valence-electron chi connectivity index (χ0n) is 28.6. The number of carbonyl (C=O) groups is 2. The summed E-state index contributed by atoms with van der Waals surface area (Å²) in [5.41, 5.74) is 0. The number of rotatable bonds is 26. The molecule has 1 fully saturated rings. The summed E-state index contributed by atoms with van der Waals surface area (Å²) in [6.45, 7) is 7.01. The second kappa shape index (κ2) is 23.6. The highest BCUT2D eigenvalue weighted by molar-refractivity contribution is 5.86. The van der Waals surface area contributed by atoms with Crippen LogP contribution in [0.2, 0.25) is 0 Å². The van der Waals surface area contributed by atoms with Crippen molar-refractivity contribution in [1.82, 2.24) is 4.90 Å². The monoisotopic (exact) mass is 606 g/mol. The first-order chi connectivity index (χ1) is 21.1. The molecule has 4 atom stereocenters. The number of allylic oxidation sites excluding steroid dienone is 1. The highest BCUT2D eigenvalue weighted by atomic mass is 16.6. The first-order valence-electron chi connectivity index (χ1n) is 18.5. The molecule has 0 aromatic rings. The number of ether oxygens (including phenoxy) is 3. The summed E-state index contributed by atoms with van der Waals surface area (Å²) in [7, 11) is 1.40. The van der Waals surface area contributed by atoms with E-state index in [1.54, 1.807) is 4.90 Å². The number of nitrogens with zero attached hydrogens (tertiary/aromatic N) is 1. The molecule has 0 bridgehead atoms. The van der Waals surface area contributed by atoms with E-state index in [1.807, 2.05) is 6.08 Å². The van der Waals surface area contributed by atoms with Gasteiger partial charge in [0.1, 0.15) is 6.61 Å². The first kappa shape index (κ1) is 37.5. The van der Waals surface area contributed by atoms with Crippen molar-refractivity contribution < 1.29 is 23.8 Å². The van der Waals surface area contributed by atoms with Gasteiger partial charge in [0.15, 0.2) is 6.23 Å². The molecule has 2 aliphatic heterocycles. The lowest BCUT2D eigenvalue weighted by atomic mass is 9.80. The summed E-state index contributed by atoms with van der Waals surface area (Å²) in [5, 5.41) is 0. The van der Waals surface area contributed by atoms with Crippen molar-refractivity contribution in [2.75, 3.05) is 13.7 Å². The van der Waals surface area contributed by atoms with Crippen LogP contribution < -0.4 is 0 Å². The zero-order valence-corrected chi connectivity index (χ0v) is 28.6. The van der Waals surface area contributed by atoms with Gasteiger partial charge in [-0.1, -0.05) is 156 Å². The Labute approximate surface area is 265 Å². The van der Waals surface area contributed by atoms with Gasteiger partial charge in [-0.3, -0.25) is 4.90 Å². The van der Waals surface area contributed by atoms with Crippen LogP contribution in [0.5, 0.6) is 0 Å². The molecule has 2 aliphatic rings. The smallest absolute Gasteiger partial charge is 0.413 e. The summed E-state index contributed by atoms with van der Waals surface area (Å²) in [6.07, 6.45) is 31.5. The Morgan fingerprint density at radius 2 is 1.21 bits per heavy atom. The lowest BCUT2D eigenvalue weighted by molar-refractivity contribution is -0.148. The lowest BCUT2D eigenvalue weighted by Gasteiger charge is -2.42. The molecule has 0 unspecified atom stereocenters. The molecule has 6 heteroatoms. The number of unbranched alkanes of at least 4 members (excludes halogenated alkanes) is 19. The topological polar surface area (TPSA) is 65.1 Å². The van der Waals surface area contributed by atoms with Gasteiger partial charge in [0.2, 0.25) is 5.76 Å². The van der Waals surface area contributed by atoms with Gasteiger partial charge >= 0.3 is 12.1 Å². The number of amides is 1. The largest absolute Gasteiger partial charge is 0.463 e. The Morgan fingerprint density at radius 1 is 0.744 bits per heavy atom. The van der Waals surface area contributed by atoms with E-state index in [4.69, 9.17) is 14.2 Å². The summed E-state index contributed by atoms with van der Waals surface area (Å²) in [5.74, 6) is 0.155. The average Bonchev–Trinajstić information content (AvgIpc) is 3.40. The van der Waals surface area contributed by atoms with Crippen LogP contribution in [0.25, 0.3) is 0 Å². The van der Waals surface area contributed by atoms with Crippen LogP contribution in [0.15, 0.2) is 11.8 Å². The van der Waals surface area contributed by atoms with Gasteiger partial charge < -0.3 is 14.2 Å². The van der Waals surface area contributed by atoms with Crippen molar-refractivity contribution in [2.24, 2.45) is 11.8 Å². The number of hydrogen-bond donors (Lipinski definition) is 0. The lowest BCUT2D eigenvalue weighted by Crippen LogP contribution is -2.51. The quantitative estimate of drug-likeness (QED) is 0.0725. The van der Waals surface area contributed by atoms with Gasteiger partial charge in [-0.05, 0) is 31.3 Å². The van der Waals surface area contributed by atoms with Gasteiger partial charge in [0.05, 0.1) is 13.2 Å². The zero-order chi connectivity index (χ0) is 31.1. The minimum absolute atomic E-state index is 0.0210. The van der Waals surface area contributed by atoms with Gasteiger partial charge in [-0.2, -0.15) is 0 Å². The Kier molecular flexibility index (Phi) is 20.6. The Hall–Kier alpha value is -1.72. The molecule has 0 radical (unpaired) electrons. The normalized spacial score (nSPS) is 21.9. The highest BCUT2D eigenvalue weighted by Crippen LogP contribution is 2.40. The van der Waals surface area contributed by atoms with E-state index in [9.17, 15) is 9.59 Å². The Morgan fingerprint density at radius 3 is 1.67 bits per heavy atom. The minimum Gasteiger partial charge on any atom is -0.463 e. The van der Waals surface area contributed by atoms with Crippen LogP contribution in [0.4, 0.5) is 4.79 Å². The van der Waals surface area contributed by atoms with E-state index in [2.05, 4.69) is 20.8 Å². The highest BCUT2D eigenvalue weighted by Gasteiger charge is 2.46. The van der Waals surface area contributed by atoms with Gasteiger partial charge in [0, 0.05) is 5.92 Å². The van der Waals surface area contributed by atoms with Crippen LogP contribution in [0.1, 0.15) is 175 Å². The third kappa shape index (κ3) is 14.3. The van der Waals surface area contributed by atoms with Crippen LogP contribution in [-0.2, 0) is 19.0 Å². The van der Waals surface area contributed by atoms with Crippen molar-refractivity contribution in [3.05, 3.63) is 11.8 Å². The van der Waals surface area contributed by atoms with Crippen molar-refractivity contribution in [2.45, 2.75) is 187 Å². The molecule has 0 aliphatic carbocycles. The number of methoxy groups -OCH3 is 1. The van der Waals surface area contributed by atoms with Gasteiger partial charge in [-0.25, -0.2) is 9.59 Å². The van der Waals surface area contributed by atoms with E-state index >= 15 is 0 Å². The Bertz CT molecular complexity index is 768. The maximum atomic E-state index is 12.9. The molecule has 6 nitrogen and oxygen atoms in total. The van der Waals surface area contributed by atoms with Crippen LogP contribution in [0, 0.1) is 11.8 Å². The first-order valence-corrected chi connectivity index (χ1v) is 18.5. The molecule has 250 valence electrons. The third-order valence-electron chi connectivity index (χ3n) is 9.70. The number of carbonyl (C=O) groups excluding carboxylic acids is 2. The fraction of sp³-hybridized carbons (Fsp3) is 0.892. The van der Waals surface area contributed by atoms with Crippen molar-refractivity contribution in [3.63, 3.8) is 0 Å². The molecule has 2 rings (SSSR count). The molecular formula is C37H67NO5. The second-order valence-electron chi connectivity index (χ2n) is 13.2. The standard InChI is InChI=1S/C37H67NO5/c1-5-8-10-12-14-16-18-19-21-23-25-27-31-29-34(36(39)41-4)43-35(38-32(7-3)30-42-37(38)40)33(31)28-26-24-22-20-17-15-13-11-9-6-2/h29,31-33,35H,5-28,30H2,1-4H3/t31-,32+,33+,35+/m0/s1. The SMILES string of the molecule is CCCCCCCCCCCCC[C@H]1C=C(C(=O)OC)O[C@@H](N2C(=O)OC[C@H]2CC)[C@@H]1CCCCCCCCCCCC. The summed E-state index contributed by atoms with van der Waals surface area (Å²) in [6, 6.07) is -0.0210. The average molecular weight is 606 g/mol. The molecule has 1 amide bonds. The van der Waals surface area contributed by atoms with E-state index in [0.29, 0.717) is 6.61 Å². The molecule has 0 saturated carbocycles. The van der Waals surface area contributed by atoms with Crippen molar-refractivity contribution >= 4 is 12.1 Å². The molecule has 0 N–H and O–H groups in total. The van der Waals surface area contributed by atoms with Crippen molar-refractivity contribution in [1.29, 1.82) is 0 Å². The summed E-state index contributed by atoms with van der Waals surface area (Å²) >= 11 is 0. The number of hydrogen-bond acceptors (Lipinski definition) is 5. The predicted octanol–water partition coefficient (Wildman–Crippen LogP) is 10.9. The summed E-state index contributed by atoms with van der Waals surface area (Å²) < 4.78 is 16.9. The number of esters is 1. The van der Waals surface area contributed by atoms with E-state index < -0.39 is 12.2 Å². The third-order valence-corrected chi connectivity index (χ3v) is 9.70. The molecule has 0 spiro atoms. The fourth-order valence-electron chi connectivity index (χ4n) is 6.93. The van der Waals surface area contributed by atoms with E-state index in [0.717, 1.165) is 32.1 Å². The van der Waals surface area contributed by atoms with Gasteiger partial charge in [-0.15, -0.1) is 0 Å². The molecular weight excluding hydrogens is 538 g/mol. The second-order valence-corrected chi connectivity index (χ2v) is 13.2. The maximum Gasteiger partial charge on any atom is 0.413 e. The fourth-order valence-corrected chi connectivity index (χ4v) is 6.93. The minimum atomic E-state index is -0.477. The molecule has 2 heterocycles. The maximum absolute atomic E-state index is 12.9. The Balaban J connectivity index is 1.94. The van der Waals surface area contributed by atoms with Crippen LogP contribution in [-0.4, -0.2) is 42.9 Å². The predicted molar refractivity (Wildman–Crippen MR) is 177 cm³/mol. The molecule has 0 aromatic carbocycles. The molecule has 1 saturated heterocycles. The van der Waals surface area contributed by atoms with E-state index in [-0.39, 0.29) is 29.7 Å². The van der Waals surface area contributed by atoms with E-state index in [1.165, 1.54) is 129 Å². The number of cyclic esters (lactones) is 1. The van der Waals surface area contributed by atoms with Gasteiger partial charge in [0.25, 0.3) is 0 Å². The molecule has 0 aromatic heterocycles. The van der Waals surface area contributed by atoms with Crippen molar-refractivity contribution in [3.8, 4) is 0 Å². The summed E-state index contributed by atoms with van der Waals surface area (Å²) in [4.78, 5) is 27.4. The van der Waals surface area contributed by atoms with Crippen LogP contribution in [0.3, 0.4) is 0 Å². The molecule has 43 heavy (non-hydrogen) atoms.